The lowest BCUT2D eigenvalue weighted by atomic mass is 9.97. The first-order valence-electron chi connectivity index (χ1n) is 8.95. The van der Waals surface area contributed by atoms with Crippen LogP contribution in [0, 0.1) is 6.92 Å². The smallest absolute Gasteiger partial charge is 0.222 e. The van der Waals surface area contributed by atoms with E-state index in [4.69, 9.17) is 5.73 Å². The van der Waals surface area contributed by atoms with Crippen LogP contribution < -0.4 is 10.6 Å². The Kier molecular flexibility index (Phi) is 4.51. The maximum atomic E-state index is 5.83. The molecular formula is C19H23N7. The SMILES string of the molecule is Cc1cc(N2CCC[C@H](c3nccn3Cc3cccnc3)C2)nc(N)n1. The third-order valence-electron chi connectivity index (χ3n) is 4.79. The number of imidazole rings is 1. The Morgan fingerprint density at radius 1 is 1.27 bits per heavy atom. The van der Waals surface area contributed by atoms with Crippen molar-refractivity contribution in [3.05, 3.63) is 60.1 Å². The fourth-order valence-electron chi connectivity index (χ4n) is 3.64. The number of hydrogen-bond acceptors (Lipinski definition) is 6. The summed E-state index contributed by atoms with van der Waals surface area (Å²) in [6.07, 6.45) is 9.87. The normalized spacial score (nSPS) is 17.4. The lowest BCUT2D eigenvalue weighted by molar-refractivity contribution is 0.474. The quantitative estimate of drug-likeness (QED) is 0.778. The van der Waals surface area contributed by atoms with Gasteiger partial charge in [-0.3, -0.25) is 4.98 Å². The molecule has 7 nitrogen and oxygen atoms in total. The van der Waals surface area contributed by atoms with E-state index in [-0.39, 0.29) is 0 Å². The molecule has 7 heteroatoms. The molecule has 0 radical (unpaired) electrons. The first-order chi connectivity index (χ1) is 12.7. The number of aryl methyl sites for hydroxylation is 1. The fraction of sp³-hybridized carbons (Fsp3) is 0.368. The minimum atomic E-state index is 0.334. The van der Waals surface area contributed by atoms with E-state index in [0.717, 1.165) is 49.8 Å². The number of anilines is 2. The summed E-state index contributed by atoms with van der Waals surface area (Å²) in [5.41, 5.74) is 7.91. The Bertz CT molecular complexity index is 854. The first kappa shape index (κ1) is 16.5. The lowest BCUT2D eigenvalue weighted by Gasteiger charge is -2.33. The number of hydrogen-bond donors (Lipinski definition) is 1. The van der Waals surface area contributed by atoms with Gasteiger partial charge < -0.3 is 15.2 Å². The van der Waals surface area contributed by atoms with Gasteiger partial charge in [0, 0.05) is 55.6 Å². The van der Waals surface area contributed by atoms with Crippen molar-refractivity contribution in [2.45, 2.75) is 32.2 Å². The minimum Gasteiger partial charge on any atom is -0.368 e. The van der Waals surface area contributed by atoms with Crippen LogP contribution in [0.1, 0.15) is 35.8 Å². The van der Waals surface area contributed by atoms with Crippen LogP contribution in [0.4, 0.5) is 11.8 Å². The summed E-state index contributed by atoms with van der Waals surface area (Å²) in [6, 6.07) is 6.06. The van der Waals surface area contributed by atoms with Gasteiger partial charge in [-0.25, -0.2) is 9.97 Å². The van der Waals surface area contributed by atoms with Gasteiger partial charge in [-0.15, -0.1) is 0 Å². The van der Waals surface area contributed by atoms with Gasteiger partial charge in [-0.2, -0.15) is 4.98 Å². The molecule has 0 amide bonds. The van der Waals surface area contributed by atoms with Crippen LogP contribution in [0.25, 0.3) is 0 Å². The summed E-state index contributed by atoms with van der Waals surface area (Å²) in [4.78, 5) is 19.8. The second kappa shape index (κ2) is 7.11. The van der Waals surface area contributed by atoms with Crippen molar-refractivity contribution in [3.8, 4) is 0 Å². The summed E-state index contributed by atoms with van der Waals surface area (Å²) < 4.78 is 2.23. The van der Waals surface area contributed by atoms with Gasteiger partial charge in [-0.1, -0.05) is 6.07 Å². The molecule has 0 aliphatic carbocycles. The average molecular weight is 349 g/mol. The Morgan fingerprint density at radius 3 is 3.00 bits per heavy atom. The third kappa shape index (κ3) is 3.51. The molecule has 1 saturated heterocycles. The summed E-state index contributed by atoms with van der Waals surface area (Å²) in [5.74, 6) is 2.73. The maximum Gasteiger partial charge on any atom is 0.222 e. The lowest BCUT2D eigenvalue weighted by Crippen LogP contribution is -2.36. The highest BCUT2D eigenvalue weighted by atomic mass is 15.2. The van der Waals surface area contributed by atoms with Crippen LogP contribution in [0.3, 0.4) is 0 Å². The zero-order valence-electron chi connectivity index (χ0n) is 14.9. The molecule has 1 atom stereocenters. The van der Waals surface area contributed by atoms with Gasteiger partial charge in [0.15, 0.2) is 0 Å². The summed E-state index contributed by atoms with van der Waals surface area (Å²) in [6.45, 7) is 4.61. The van der Waals surface area contributed by atoms with Crippen LogP contribution in [0.2, 0.25) is 0 Å². The molecule has 0 unspecified atom stereocenters. The molecule has 0 aromatic carbocycles. The van der Waals surface area contributed by atoms with E-state index in [1.807, 2.05) is 37.6 Å². The summed E-state index contributed by atoms with van der Waals surface area (Å²) in [7, 11) is 0. The third-order valence-corrected chi connectivity index (χ3v) is 4.79. The standard InChI is InChI=1S/C19H23N7/c1-14-10-17(24-19(20)23-14)25-8-3-5-16(13-25)18-22-7-9-26(18)12-15-4-2-6-21-11-15/h2,4,6-7,9-11,16H,3,5,8,12-13H2,1H3,(H2,20,23,24)/t16-/m0/s1. The van der Waals surface area contributed by atoms with E-state index in [1.54, 1.807) is 6.20 Å². The highest BCUT2D eigenvalue weighted by Gasteiger charge is 2.26. The molecular weight excluding hydrogens is 326 g/mol. The van der Waals surface area contributed by atoms with Crippen molar-refractivity contribution in [1.29, 1.82) is 0 Å². The molecule has 0 spiro atoms. The molecule has 1 fully saturated rings. The number of nitrogen functional groups attached to an aromatic ring is 1. The molecule has 1 aliphatic heterocycles. The summed E-state index contributed by atoms with van der Waals surface area (Å²) >= 11 is 0. The van der Waals surface area contributed by atoms with E-state index < -0.39 is 0 Å². The Hall–Kier alpha value is -2.96. The molecule has 4 heterocycles. The van der Waals surface area contributed by atoms with E-state index in [9.17, 15) is 0 Å². The molecule has 0 bridgehead atoms. The van der Waals surface area contributed by atoms with Gasteiger partial charge in [0.25, 0.3) is 0 Å². The van der Waals surface area contributed by atoms with Crippen molar-refractivity contribution in [2.75, 3.05) is 23.7 Å². The van der Waals surface area contributed by atoms with Crippen LogP contribution in [-0.4, -0.2) is 37.6 Å². The second-order valence-electron chi connectivity index (χ2n) is 6.79. The monoisotopic (exact) mass is 349 g/mol. The molecule has 1 aliphatic rings. The van der Waals surface area contributed by atoms with Crippen molar-refractivity contribution >= 4 is 11.8 Å². The Morgan fingerprint density at radius 2 is 2.19 bits per heavy atom. The maximum absolute atomic E-state index is 5.83. The van der Waals surface area contributed by atoms with Gasteiger partial charge in [0.1, 0.15) is 11.6 Å². The number of piperidine rings is 1. The van der Waals surface area contributed by atoms with Gasteiger partial charge in [0.05, 0.1) is 6.54 Å². The highest BCUT2D eigenvalue weighted by molar-refractivity contribution is 5.44. The molecule has 2 N–H and O–H groups in total. The molecule has 3 aromatic rings. The van der Waals surface area contributed by atoms with Crippen molar-refractivity contribution in [1.82, 2.24) is 24.5 Å². The van der Waals surface area contributed by atoms with Crippen LogP contribution in [-0.2, 0) is 6.54 Å². The Labute approximate surface area is 152 Å². The van der Waals surface area contributed by atoms with Gasteiger partial charge in [0.2, 0.25) is 5.95 Å². The number of nitrogens with zero attached hydrogens (tertiary/aromatic N) is 6. The van der Waals surface area contributed by atoms with Crippen molar-refractivity contribution in [3.63, 3.8) is 0 Å². The van der Waals surface area contributed by atoms with E-state index in [2.05, 4.69) is 35.5 Å². The van der Waals surface area contributed by atoms with Crippen molar-refractivity contribution in [2.24, 2.45) is 0 Å². The fourth-order valence-corrected chi connectivity index (χ4v) is 3.64. The van der Waals surface area contributed by atoms with Crippen LogP contribution in [0.5, 0.6) is 0 Å². The second-order valence-corrected chi connectivity index (χ2v) is 6.79. The van der Waals surface area contributed by atoms with E-state index in [0.29, 0.717) is 11.9 Å². The van der Waals surface area contributed by atoms with Crippen LogP contribution >= 0.6 is 0 Å². The Balaban J connectivity index is 1.54. The average Bonchev–Trinajstić information content (AvgIpc) is 3.10. The molecule has 134 valence electrons. The predicted octanol–water partition coefficient (Wildman–Crippen LogP) is 2.39. The largest absolute Gasteiger partial charge is 0.368 e. The highest BCUT2D eigenvalue weighted by Crippen LogP contribution is 2.29. The zero-order valence-corrected chi connectivity index (χ0v) is 14.9. The zero-order chi connectivity index (χ0) is 17.9. The van der Waals surface area contributed by atoms with Gasteiger partial charge >= 0.3 is 0 Å². The number of nitrogens with two attached hydrogens (primary N) is 1. The number of aromatic nitrogens is 5. The number of pyridine rings is 1. The topological polar surface area (TPSA) is 85.8 Å². The summed E-state index contributed by atoms with van der Waals surface area (Å²) in [5, 5.41) is 0. The first-order valence-corrected chi connectivity index (χ1v) is 8.95. The molecule has 4 rings (SSSR count). The van der Waals surface area contributed by atoms with Crippen molar-refractivity contribution < 1.29 is 0 Å². The minimum absolute atomic E-state index is 0.334. The van der Waals surface area contributed by atoms with E-state index in [1.165, 1.54) is 5.56 Å². The molecule has 3 aromatic heterocycles. The molecule has 26 heavy (non-hydrogen) atoms. The molecule has 0 saturated carbocycles. The van der Waals surface area contributed by atoms with E-state index >= 15 is 0 Å². The van der Waals surface area contributed by atoms with Gasteiger partial charge in [-0.05, 0) is 31.4 Å². The predicted molar refractivity (Wildman–Crippen MR) is 101 cm³/mol. The van der Waals surface area contributed by atoms with Crippen LogP contribution in [0.15, 0.2) is 43.0 Å². The number of rotatable bonds is 4.